The average Bonchev–Trinajstić information content (AvgIpc) is 2.74. The van der Waals surface area contributed by atoms with Crippen LogP contribution in [0.2, 0.25) is 0 Å². The van der Waals surface area contributed by atoms with Gasteiger partial charge < -0.3 is 9.84 Å². The zero-order valence-electron chi connectivity index (χ0n) is 17.0. The van der Waals surface area contributed by atoms with Crippen LogP contribution in [-0.2, 0) is 5.41 Å². The van der Waals surface area contributed by atoms with Gasteiger partial charge in [-0.05, 0) is 30.2 Å². The van der Waals surface area contributed by atoms with Gasteiger partial charge in [0.25, 0.3) is 0 Å². The summed E-state index contributed by atoms with van der Waals surface area (Å²) in [5.74, 6) is 1.02. The molecule has 0 aliphatic rings. The third kappa shape index (κ3) is 4.94. The number of phenols is 1. The zero-order chi connectivity index (χ0) is 20.7. The molecule has 3 nitrogen and oxygen atoms in total. The number of nitrogens with zero attached hydrogens (tertiary/aromatic N) is 1. The van der Waals surface area contributed by atoms with E-state index in [0.29, 0.717) is 12.2 Å². The Labute approximate surface area is 173 Å². The maximum Gasteiger partial charge on any atom is 0.128 e. The minimum Gasteiger partial charge on any atom is -0.507 e. The van der Waals surface area contributed by atoms with Crippen LogP contribution in [0.15, 0.2) is 90.4 Å². The van der Waals surface area contributed by atoms with E-state index in [-0.39, 0.29) is 11.2 Å². The molecule has 3 aromatic carbocycles. The monoisotopic (exact) mass is 385 g/mol. The van der Waals surface area contributed by atoms with Crippen LogP contribution in [0.25, 0.3) is 0 Å². The van der Waals surface area contributed by atoms with Crippen LogP contribution in [0, 0.1) is 0 Å². The average molecular weight is 386 g/mol. The van der Waals surface area contributed by atoms with Gasteiger partial charge in [-0.3, -0.25) is 4.99 Å². The number of hydrogen-bond donors (Lipinski definition) is 1. The number of benzene rings is 3. The fourth-order valence-electron chi connectivity index (χ4n) is 3.24. The molecule has 0 spiro atoms. The number of phenolic OH excluding ortho intramolecular Hbond substituents is 1. The number of aromatic hydroxyl groups is 1. The molecule has 0 bridgehead atoms. The normalized spacial score (nSPS) is 11.5. The topological polar surface area (TPSA) is 41.8 Å². The van der Waals surface area contributed by atoms with Gasteiger partial charge in [-0.25, -0.2) is 0 Å². The van der Waals surface area contributed by atoms with Crippen LogP contribution in [0.4, 0.5) is 5.69 Å². The lowest BCUT2D eigenvalue weighted by Gasteiger charge is -2.27. The van der Waals surface area contributed by atoms with Crippen molar-refractivity contribution in [2.75, 3.05) is 6.61 Å². The summed E-state index contributed by atoms with van der Waals surface area (Å²) in [6.07, 6.45) is 4.32. The highest BCUT2D eigenvalue weighted by Crippen LogP contribution is 2.38. The summed E-state index contributed by atoms with van der Waals surface area (Å²) in [6.45, 7) is 8.52. The molecule has 0 atom stereocenters. The van der Waals surface area contributed by atoms with Gasteiger partial charge in [0, 0.05) is 28.8 Å². The molecule has 3 aromatic rings. The minimum absolute atomic E-state index is 0.253. The molecule has 0 saturated carbocycles. The summed E-state index contributed by atoms with van der Waals surface area (Å²) in [5.41, 5.74) is 3.15. The van der Waals surface area contributed by atoms with E-state index in [2.05, 4.69) is 37.6 Å². The van der Waals surface area contributed by atoms with Gasteiger partial charge in [-0.1, -0.05) is 68.5 Å². The van der Waals surface area contributed by atoms with Gasteiger partial charge in [0.05, 0.1) is 12.3 Å². The maximum atomic E-state index is 10.9. The molecule has 0 fully saturated rings. The molecule has 3 rings (SSSR count). The molecule has 0 amide bonds. The molecule has 1 N–H and O–H groups in total. The predicted octanol–water partition coefficient (Wildman–Crippen LogP) is 6.42. The van der Waals surface area contributed by atoms with Crippen molar-refractivity contribution in [2.24, 2.45) is 4.99 Å². The zero-order valence-corrected chi connectivity index (χ0v) is 17.0. The Bertz CT molecular complexity index is 991. The summed E-state index contributed by atoms with van der Waals surface area (Å²) in [6, 6.07) is 23.6. The molecule has 0 radical (unpaired) electrons. The molecule has 0 aliphatic heterocycles. The van der Waals surface area contributed by atoms with Gasteiger partial charge in [0.2, 0.25) is 0 Å². The van der Waals surface area contributed by atoms with E-state index >= 15 is 0 Å². The number of rotatable bonds is 8. The Kier molecular flexibility index (Phi) is 6.50. The molecular weight excluding hydrogens is 358 g/mol. The number of aliphatic imine (C=N–C) groups is 1. The lowest BCUT2D eigenvalue weighted by Crippen LogP contribution is -2.19. The second-order valence-corrected chi connectivity index (χ2v) is 7.42. The van der Waals surface area contributed by atoms with Gasteiger partial charge in [0.1, 0.15) is 11.5 Å². The van der Waals surface area contributed by atoms with Crippen LogP contribution in [0.5, 0.6) is 11.5 Å². The fraction of sp³-hybridized carbons (Fsp3) is 0.192. The molecule has 0 aliphatic carbocycles. The first kappa shape index (κ1) is 20.4. The highest BCUT2D eigenvalue weighted by Gasteiger charge is 2.26. The Hall–Kier alpha value is -3.33. The summed E-state index contributed by atoms with van der Waals surface area (Å²) in [7, 11) is 0. The second kappa shape index (κ2) is 9.24. The van der Waals surface area contributed by atoms with Gasteiger partial charge in [-0.2, -0.15) is 0 Å². The van der Waals surface area contributed by atoms with Crippen molar-refractivity contribution < 1.29 is 9.84 Å². The van der Waals surface area contributed by atoms with Gasteiger partial charge in [-0.15, -0.1) is 6.58 Å². The number of hydrogen-bond acceptors (Lipinski definition) is 3. The lowest BCUT2D eigenvalue weighted by atomic mass is 9.77. The molecule has 29 heavy (non-hydrogen) atoms. The van der Waals surface area contributed by atoms with Crippen molar-refractivity contribution in [2.45, 2.75) is 25.7 Å². The van der Waals surface area contributed by atoms with E-state index in [4.69, 9.17) is 4.74 Å². The summed E-state index contributed by atoms with van der Waals surface area (Å²) in [4.78, 5) is 4.54. The quantitative estimate of drug-likeness (QED) is 0.276. The van der Waals surface area contributed by atoms with E-state index in [1.54, 1.807) is 6.21 Å². The third-order valence-electron chi connectivity index (χ3n) is 5.00. The van der Waals surface area contributed by atoms with Crippen molar-refractivity contribution in [3.8, 4) is 11.5 Å². The van der Waals surface area contributed by atoms with Crippen molar-refractivity contribution in [3.63, 3.8) is 0 Å². The largest absolute Gasteiger partial charge is 0.507 e. The molecule has 148 valence electrons. The first-order valence-electron chi connectivity index (χ1n) is 9.78. The first-order chi connectivity index (χ1) is 14.0. The SMILES string of the molecule is C=CCCOc1cccc(N=Cc2cccc(C(C)(C)c3ccccc3)c2O)c1. The Morgan fingerprint density at radius 1 is 1.00 bits per heavy atom. The van der Waals surface area contributed by atoms with Crippen molar-refractivity contribution in [1.29, 1.82) is 0 Å². The highest BCUT2D eigenvalue weighted by molar-refractivity contribution is 5.86. The molecule has 0 saturated heterocycles. The number of para-hydroxylation sites is 1. The van der Waals surface area contributed by atoms with Crippen molar-refractivity contribution in [1.82, 2.24) is 0 Å². The van der Waals surface area contributed by atoms with Crippen LogP contribution in [-0.4, -0.2) is 17.9 Å². The third-order valence-corrected chi connectivity index (χ3v) is 5.00. The smallest absolute Gasteiger partial charge is 0.128 e. The molecular formula is C26H27NO2. The Morgan fingerprint density at radius 2 is 1.76 bits per heavy atom. The first-order valence-corrected chi connectivity index (χ1v) is 9.78. The van der Waals surface area contributed by atoms with Crippen LogP contribution in [0.3, 0.4) is 0 Å². The fourth-order valence-corrected chi connectivity index (χ4v) is 3.24. The maximum absolute atomic E-state index is 10.9. The van der Waals surface area contributed by atoms with Crippen molar-refractivity contribution in [3.05, 3.63) is 102 Å². The van der Waals surface area contributed by atoms with E-state index in [1.807, 2.05) is 66.7 Å². The summed E-state index contributed by atoms with van der Waals surface area (Å²) >= 11 is 0. The van der Waals surface area contributed by atoms with Gasteiger partial charge in [0.15, 0.2) is 0 Å². The van der Waals surface area contributed by atoms with Crippen LogP contribution < -0.4 is 4.74 Å². The summed E-state index contributed by atoms with van der Waals surface area (Å²) < 4.78 is 5.68. The number of ether oxygens (including phenoxy) is 1. The van der Waals surface area contributed by atoms with E-state index in [0.717, 1.165) is 29.0 Å². The molecule has 0 heterocycles. The highest BCUT2D eigenvalue weighted by atomic mass is 16.5. The van der Waals surface area contributed by atoms with Crippen LogP contribution >= 0.6 is 0 Å². The van der Waals surface area contributed by atoms with E-state index < -0.39 is 0 Å². The van der Waals surface area contributed by atoms with Crippen molar-refractivity contribution >= 4 is 11.9 Å². The molecule has 3 heteroatoms. The standard InChI is InChI=1S/C26H27NO2/c1-4-5-17-29-23-15-10-14-22(18-23)27-19-20-11-9-16-24(25(20)28)26(2,3)21-12-7-6-8-13-21/h4,6-16,18-19,28H,1,5,17H2,2-3H3. The predicted molar refractivity (Wildman–Crippen MR) is 121 cm³/mol. The van der Waals surface area contributed by atoms with Crippen LogP contribution in [0.1, 0.15) is 37.0 Å². The Balaban J connectivity index is 1.85. The van der Waals surface area contributed by atoms with Gasteiger partial charge >= 0.3 is 0 Å². The lowest BCUT2D eigenvalue weighted by molar-refractivity contribution is 0.325. The Morgan fingerprint density at radius 3 is 2.52 bits per heavy atom. The minimum atomic E-state index is -0.325. The molecule has 0 aromatic heterocycles. The summed E-state index contributed by atoms with van der Waals surface area (Å²) in [5, 5.41) is 10.9. The second-order valence-electron chi connectivity index (χ2n) is 7.42. The van der Waals surface area contributed by atoms with E-state index in [1.165, 1.54) is 0 Å². The van der Waals surface area contributed by atoms with E-state index in [9.17, 15) is 5.11 Å². The molecule has 0 unspecified atom stereocenters.